The zero-order valence-electron chi connectivity index (χ0n) is 10.9. The molecular weight excluding hydrogens is 236 g/mol. The van der Waals surface area contributed by atoms with Crippen LogP contribution in [-0.4, -0.2) is 24.0 Å². The maximum atomic E-state index is 12.2. The number of amides is 2. The number of nitrogens with one attached hydrogen (secondary N) is 1. The highest BCUT2D eigenvalue weighted by atomic mass is 16.2. The number of urea groups is 1. The minimum atomic E-state index is 0.0241. The monoisotopic (exact) mass is 254 g/mol. The van der Waals surface area contributed by atoms with Crippen molar-refractivity contribution in [2.24, 2.45) is 0 Å². The Labute approximate surface area is 113 Å². The molecule has 3 rings (SSSR count). The van der Waals surface area contributed by atoms with Gasteiger partial charge in [0, 0.05) is 18.5 Å². The van der Waals surface area contributed by atoms with E-state index in [1.54, 1.807) is 0 Å². The maximum absolute atomic E-state index is 12.2. The van der Waals surface area contributed by atoms with Crippen molar-refractivity contribution in [2.75, 3.05) is 18.4 Å². The lowest BCUT2D eigenvalue weighted by atomic mass is 10.1. The Hall–Kier alpha value is -2.03. The highest BCUT2D eigenvalue weighted by Crippen LogP contribution is 2.23. The van der Waals surface area contributed by atoms with E-state index in [2.05, 4.69) is 17.4 Å². The third-order valence-electron chi connectivity index (χ3n) is 3.67. The van der Waals surface area contributed by atoms with Gasteiger partial charge in [-0.3, -0.25) is 0 Å². The van der Waals surface area contributed by atoms with Gasteiger partial charge in [0.05, 0.1) is 5.69 Å². The first-order chi connectivity index (χ1) is 9.34. The van der Waals surface area contributed by atoms with Gasteiger partial charge in [0.25, 0.3) is 0 Å². The molecule has 0 atom stereocenters. The van der Waals surface area contributed by atoms with Crippen molar-refractivity contribution < 1.29 is 4.79 Å². The second-order valence-electron chi connectivity index (χ2n) is 5.00. The molecule has 0 radical (unpaired) electrons. The lowest BCUT2D eigenvalue weighted by molar-refractivity contribution is 0.200. The Kier molecular flexibility index (Phi) is 3.36. The van der Waals surface area contributed by atoms with Crippen LogP contribution in [0, 0.1) is 0 Å². The van der Waals surface area contributed by atoms with Gasteiger partial charge in [-0.1, -0.05) is 36.4 Å². The fourth-order valence-corrected chi connectivity index (χ4v) is 2.63. The molecule has 1 N–H and O–H groups in total. The summed E-state index contributed by atoms with van der Waals surface area (Å²) in [5.41, 5.74) is 0.897. The average Bonchev–Trinajstić information content (AvgIpc) is 2.48. The Morgan fingerprint density at radius 1 is 0.947 bits per heavy atom. The third-order valence-corrected chi connectivity index (χ3v) is 3.67. The van der Waals surface area contributed by atoms with Gasteiger partial charge in [0.2, 0.25) is 0 Å². The number of hydrogen-bond donors (Lipinski definition) is 1. The molecular formula is C16H18N2O. The minimum absolute atomic E-state index is 0.0241. The van der Waals surface area contributed by atoms with E-state index in [0.717, 1.165) is 42.4 Å². The molecule has 2 aromatic rings. The summed E-state index contributed by atoms with van der Waals surface area (Å²) < 4.78 is 0. The van der Waals surface area contributed by atoms with Crippen LogP contribution in [0.25, 0.3) is 10.8 Å². The molecule has 0 saturated carbocycles. The van der Waals surface area contributed by atoms with E-state index in [-0.39, 0.29) is 6.03 Å². The molecule has 0 aliphatic carbocycles. The average molecular weight is 254 g/mol. The second-order valence-corrected chi connectivity index (χ2v) is 5.00. The summed E-state index contributed by atoms with van der Waals surface area (Å²) in [6, 6.07) is 14.1. The first-order valence-corrected chi connectivity index (χ1v) is 6.88. The molecule has 3 nitrogen and oxygen atoms in total. The second kappa shape index (κ2) is 5.31. The highest BCUT2D eigenvalue weighted by molar-refractivity contribution is 6.01. The topological polar surface area (TPSA) is 32.3 Å². The van der Waals surface area contributed by atoms with E-state index >= 15 is 0 Å². The highest BCUT2D eigenvalue weighted by Gasteiger charge is 2.16. The molecule has 1 fully saturated rings. The molecule has 1 aliphatic heterocycles. The van der Waals surface area contributed by atoms with E-state index in [9.17, 15) is 4.79 Å². The van der Waals surface area contributed by atoms with Crippen LogP contribution in [0.2, 0.25) is 0 Å². The van der Waals surface area contributed by atoms with E-state index in [1.807, 2.05) is 35.2 Å². The Balaban J connectivity index is 1.82. The number of carbonyl (C=O) groups excluding carboxylic acids is 1. The van der Waals surface area contributed by atoms with Crippen LogP contribution in [-0.2, 0) is 0 Å². The lowest BCUT2D eigenvalue weighted by Crippen LogP contribution is -2.38. The molecule has 0 bridgehead atoms. The predicted molar refractivity (Wildman–Crippen MR) is 78.4 cm³/mol. The normalized spacial score (nSPS) is 15.5. The van der Waals surface area contributed by atoms with E-state index in [0.29, 0.717) is 0 Å². The third kappa shape index (κ3) is 2.55. The molecule has 19 heavy (non-hydrogen) atoms. The summed E-state index contributed by atoms with van der Waals surface area (Å²) in [6.45, 7) is 1.74. The van der Waals surface area contributed by atoms with Crippen molar-refractivity contribution in [3.8, 4) is 0 Å². The van der Waals surface area contributed by atoms with Crippen molar-refractivity contribution >= 4 is 22.5 Å². The molecule has 0 spiro atoms. The largest absolute Gasteiger partial charge is 0.325 e. The Morgan fingerprint density at radius 3 is 2.53 bits per heavy atom. The number of fused-ring (bicyclic) bond motifs is 1. The maximum Gasteiger partial charge on any atom is 0.321 e. The number of likely N-dealkylation sites (tertiary alicyclic amines) is 1. The Morgan fingerprint density at radius 2 is 1.68 bits per heavy atom. The van der Waals surface area contributed by atoms with Crippen LogP contribution in [0.5, 0.6) is 0 Å². The van der Waals surface area contributed by atoms with Crippen LogP contribution < -0.4 is 5.32 Å². The Bertz CT molecular complexity index is 583. The van der Waals surface area contributed by atoms with Crippen molar-refractivity contribution in [3.63, 3.8) is 0 Å². The van der Waals surface area contributed by atoms with Crippen LogP contribution in [0.15, 0.2) is 42.5 Å². The first-order valence-electron chi connectivity index (χ1n) is 6.88. The summed E-state index contributed by atoms with van der Waals surface area (Å²) in [5, 5.41) is 5.29. The number of hydrogen-bond acceptors (Lipinski definition) is 1. The van der Waals surface area contributed by atoms with E-state index in [4.69, 9.17) is 0 Å². The number of benzene rings is 2. The molecule has 1 saturated heterocycles. The molecule has 98 valence electrons. The fourth-order valence-electron chi connectivity index (χ4n) is 2.63. The summed E-state index contributed by atoms with van der Waals surface area (Å²) in [5.74, 6) is 0. The lowest BCUT2D eigenvalue weighted by Gasteiger charge is -2.27. The number of anilines is 1. The van der Waals surface area contributed by atoms with Crippen LogP contribution >= 0.6 is 0 Å². The standard InChI is InChI=1S/C16H18N2O/c19-16(18-11-4-1-5-12-18)17-15-10-6-8-13-7-2-3-9-14(13)15/h2-3,6-10H,1,4-5,11-12H2,(H,17,19). The predicted octanol–water partition coefficient (Wildman–Crippen LogP) is 3.86. The van der Waals surface area contributed by atoms with Gasteiger partial charge in [-0.05, 0) is 30.7 Å². The number of rotatable bonds is 1. The number of carbonyl (C=O) groups is 1. The molecule has 0 unspecified atom stereocenters. The molecule has 2 amide bonds. The molecule has 3 heteroatoms. The fraction of sp³-hybridized carbons (Fsp3) is 0.312. The molecule has 1 aliphatic rings. The van der Waals surface area contributed by atoms with Crippen LogP contribution in [0.4, 0.5) is 10.5 Å². The van der Waals surface area contributed by atoms with Gasteiger partial charge in [0.15, 0.2) is 0 Å². The van der Waals surface area contributed by atoms with Crippen molar-refractivity contribution in [1.29, 1.82) is 0 Å². The smallest absolute Gasteiger partial charge is 0.321 e. The van der Waals surface area contributed by atoms with Gasteiger partial charge < -0.3 is 10.2 Å². The summed E-state index contributed by atoms with van der Waals surface area (Å²) >= 11 is 0. The van der Waals surface area contributed by atoms with Crippen molar-refractivity contribution in [3.05, 3.63) is 42.5 Å². The van der Waals surface area contributed by atoms with Gasteiger partial charge in [-0.15, -0.1) is 0 Å². The van der Waals surface area contributed by atoms with Gasteiger partial charge in [0.1, 0.15) is 0 Å². The van der Waals surface area contributed by atoms with E-state index in [1.165, 1.54) is 6.42 Å². The molecule has 0 aromatic heterocycles. The van der Waals surface area contributed by atoms with Gasteiger partial charge in [-0.25, -0.2) is 4.79 Å². The van der Waals surface area contributed by atoms with Crippen molar-refractivity contribution in [1.82, 2.24) is 4.90 Å². The summed E-state index contributed by atoms with van der Waals surface area (Å²) in [4.78, 5) is 14.1. The zero-order valence-corrected chi connectivity index (χ0v) is 10.9. The van der Waals surface area contributed by atoms with Crippen molar-refractivity contribution in [2.45, 2.75) is 19.3 Å². The molecule has 1 heterocycles. The minimum Gasteiger partial charge on any atom is -0.325 e. The summed E-state index contributed by atoms with van der Waals surface area (Å²) in [7, 11) is 0. The van der Waals surface area contributed by atoms with Gasteiger partial charge >= 0.3 is 6.03 Å². The number of nitrogens with zero attached hydrogens (tertiary/aromatic N) is 1. The molecule has 2 aromatic carbocycles. The summed E-state index contributed by atoms with van der Waals surface area (Å²) in [6.07, 6.45) is 3.46. The van der Waals surface area contributed by atoms with Crippen LogP contribution in [0.1, 0.15) is 19.3 Å². The first kappa shape index (κ1) is 12.0. The van der Waals surface area contributed by atoms with Gasteiger partial charge in [-0.2, -0.15) is 0 Å². The quantitative estimate of drug-likeness (QED) is 0.823. The SMILES string of the molecule is O=C(Nc1cccc2ccccc12)N1CCCCC1. The van der Waals surface area contributed by atoms with E-state index < -0.39 is 0 Å². The zero-order chi connectivity index (χ0) is 13.1. The number of piperidine rings is 1. The van der Waals surface area contributed by atoms with Crippen LogP contribution in [0.3, 0.4) is 0 Å².